The summed E-state index contributed by atoms with van der Waals surface area (Å²) in [7, 11) is -4.45. The molecule has 5 nitrogen and oxygen atoms in total. The predicted molar refractivity (Wildman–Crippen MR) is 111 cm³/mol. The van der Waals surface area contributed by atoms with E-state index < -0.39 is 26.7 Å². The standard InChI is InChI=1S/C21H20F3N3O2S/c22-21(23,24)17-7-3-4-8-20(17)30(28,29)26-18-9-10-19(27-13-11-25-12-14-27)16-6-2-1-5-15(16)18/h1-10,25-26H,11-14H2. The van der Waals surface area contributed by atoms with Crippen LogP contribution in [0.2, 0.25) is 0 Å². The molecule has 0 aromatic heterocycles. The van der Waals surface area contributed by atoms with Gasteiger partial charge in [-0.15, -0.1) is 0 Å². The molecule has 1 fully saturated rings. The second-order valence-electron chi connectivity index (χ2n) is 7.01. The molecule has 30 heavy (non-hydrogen) atoms. The molecule has 1 aliphatic heterocycles. The van der Waals surface area contributed by atoms with Crippen LogP contribution in [0, 0.1) is 0 Å². The number of fused-ring (bicyclic) bond motifs is 1. The van der Waals surface area contributed by atoms with E-state index in [0.717, 1.165) is 49.4 Å². The molecule has 3 aromatic carbocycles. The van der Waals surface area contributed by atoms with Crippen molar-refractivity contribution in [2.45, 2.75) is 11.1 Å². The number of benzene rings is 3. The second kappa shape index (κ2) is 7.81. The van der Waals surface area contributed by atoms with Crippen LogP contribution in [-0.4, -0.2) is 34.6 Å². The Hall–Kier alpha value is -2.78. The lowest BCUT2D eigenvalue weighted by Gasteiger charge is -2.31. The zero-order valence-corrected chi connectivity index (χ0v) is 16.7. The van der Waals surface area contributed by atoms with Crippen molar-refractivity contribution in [2.24, 2.45) is 0 Å². The molecule has 0 spiro atoms. The predicted octanol–water partition coefficient (Wildman–Crippen LogP) is 4.07. The zero-order chi connectivity index (χ0) is 21.4. The number of anilines is 2. The highest BCUT2D eigenvalue weighted by molar-refractivity contribution is 7.92. The lowest BCUT2D eigenvalue weighted by molar-refractivity contribution is -0.139. The van der Waals surface area contributed by atoms with Crippen molar-refractivity contribution in [3.63, 3.8) is 0 Å². The van der Waals surface area contributed by atoms with Crippen LogP contribution in [0.15, 0.2) is 65.6 Å². The number of rotatable bonds is 4. The average molecular weight is 435 g/mol. The van der Waals surface area contributed by atoms with Crippen LogP contribution in [-0.2, 0) is 16.2 Å². The molecule has 1 aliphatic rings. The van der Waals surface area contributed by atoms with Crippen LogP contribution in [0.4, 0.5) is 24.5 Å². The number of halogens is 3. The molecule has 2 N–H and O–H groups in total. The number of sulfonamides is 1. The maximum Gasteiger partial charge on any atom is 0.417 e. The molecule has 0 saturated carbocycles. The number of piperazine rings is 1. The van der Waals surface area contributed by atoms with Crippen LogP contribution in [0.1, 0.15) is 5.56 Å². The minimum Gasteiger partial charge on any atom is -0.368 e. The van der Waals surface area contributed by atoms with Crippen molar-refractivity contribution in [3.05, 3.63) is 66.2 Å². The summed E-state index contributed by atoms with van der Waals surface area (Å²) in [5.74, 6) is 0. The maximum atomic E-state index is 13.3. The van der Waals surface area contributed by atoms with Crippen molar-refractivity contribution >= 4 is 32.2 Å². The second-order valence-corrected chi connectivity index (χ2v) is 8.67. The van der Waals surface area contributed by atoms with E-state index in [1.807, 2.05) is 12.1 Å². The molecule has 3 aromatic rings. The van der Waals surface area contributed by atoms with Gasteiger partial charge in [-0.3, -0.25) is 4.72 Å². The Balaban J connectivity index is 1.77. The fourth-order valence-corrected chi connectivity index (χ4v) is 5.00. The summed E-state index contributed by atoms with van der Waals surface area (Å²) in [6.07, 6.45) is -4.78. The summed E-state index contributed by atoms with van der Waals surface area (Å²) in [6.45, 7) is 3.32. The number of nitrogens with zero attached hydrogens (tertiary/aromatic N) is 1. The highest BCUT2D eigenvalue weighted by atomic mass is 32.2. The number of hydrogen-bond acceptors (Lipinski definition) is 4. The molecule has 4 rings (SSSR count). The number of nitrogens with one attached hydrogen (secondary N) is 2. The highest BCUT2D eigenvalue weighted by Crippen LogP contribution is 2.37. The monoisotopic (exact) mass is 435 g/mol. The van der Waals surface area contributed by atoms with E-state index in [1.54, 1.807) is 24.3 Å². The van der Waals surface area contributed by atoms with Crippen molar-refractivity contribution in [3.8, 4) is 0 Å². The maximum absolute atomic E-state index is 13.3. The van der Waals surface area contributed by atoms with Gasteiger partial charge in [-0.1, -0.05) is 36.4 Å². The molecular formula is C21H20F3N3O2S. The minimum atomic E-state index is -4.78. The minimum absolute atomic E-state index is 0.237. The third-order valence-corrected chi connectivity index (χ3v) is 6.51. The molecule has 0 atom stereocenters. The van der Waals surface area contributed by atoms with Crippen molar-refractivity contribution in [1.29, 1.82) is 0 Å². The lowest BCUT2D eigenvalue weighted by Crippen LogP contribution is -2.43. The van der Waals surface area contributed by atoms with Gasteiger partial charge in [0.1, 0.15) is 0 Å². The van der Waals surface area contributed by atoms with E-state index in [1.165, 1.54) is 12.1 Å². The van der Waals surface area contributed by atoms with Crippen molar-refractivity contribution in [2.75, 3.05) is 35.8 Å². The van der Waals surface area contributed by atoms with E-state index >= 15 is 0 Å². The first-order valence-corrected chi connectivity index (χ1v) is 10.9. The molecule has 0 amide bonds. The third kappa shape index (κ3) is 3.95. The van der Waals surface area contributed by atoms with Gasteiger partial charge in [0, 0.05) is 42.6 Å². The molecule has 0 aliphatic carbocycles. The normalized spacial score (nSPS) is 15.4. The quantitative estimate of drug-likeness (QED) is 0.649. The Kier molecular flexibility index (Phi) is 5.33. The van der Waals surface area contributed by atoms with Crippen LogP contribution in [0.5, 0.6) is 0 Å². The van der Waals surface area contributed by atoms with Gasteiger partial charge in [0.2, 0.25) is 0 Å². The lowest BCUT2D eigenvalue weighted by atomic mass is 10.1. The number of alkyl halides is 3. The van der Waals surface area contributed by atoms with Gasteiger partial charge in [0.05, 0.1) is 16.1 Å². The van der Waals surface area contributed by atoms with Crippen LogP contribution >= 0.6 is 0 Å². The van der Waals surface area contributed by atoms with E-state index in [4.69, 9.17) is 0 Å². The van der Waals surface area contributed by atoms with Gasteiger partial charge in [0.15, 0.2) is 0 Å². The zero-order valence-electron chi connectivity index (χ0n) is 15.9. The Morgan fingerprint density at radius 1 is 0.867 bits per heavy atom. The van der Waals surface area contributed by atoms with Gasteiger partial charge in [-0.25, -0.2) is 8.42 Å². The van der Waals surface area contributed by atoms with Gasteiger partial charge in [-0.2, -0.15) is 13.2 Å². The fourth-order valence-electron chi connectivity index (χ4n) is 3.69. The molecule has 158 valence electrons. The Morgan fingerprint density at radius 2 is 1.50 bits per heavy atom. The highest BCUT2D eigenvalue weighted by Gasteiger charge is 2.37. The molecule has 0 radical (unpaired) electrons. The third-order valence-electron chi connectivity index (χ3n) is 5.09. The van der Waals surface area contributed by atoms with E-state index in [9.17, 15) is 21.6 Å². The fraction of sp³-hybridized carbons (Fsp3) is 0.238. The van der Waals surface area contributed by atoms with Crippen molar-refractivity contribution < 1.29 is 21.6 Å². The van der Waals surface area contributed by atoms with Gasteiger partial charge in [0.25, 0.3) is 10.0 Å². The van der Waals surface area contributed by atoms with Crippen LogP contribution < -0.4 is 14.9 Å². The largest absolute Gasteiger partial charge is 0.417 e. The van der Waals surface area contributed by atoms with Gasteiger partial charge in [-0.05, 0) is 24.3 Å². The topological polar surface area (TPSA) is 61.4 Å². The van der Waals surface area contributed by atoms with Crippen molar-refractivity contribution in [1.82, 2.24) is 5.32 Å². The summed E-state index contributed by atoms with van der Waals surface area (Å²) < 4.78 is 68.1. The van der Waals surface area contributed by atoms with Gasteiger partial charge >= 0.3 is 6.18 Å². The molecular weight excluding hydrogens is 415 g/mol. The Labute approximate surface area is 172 Å². The van der Waals surface area contributed by atoms with Crippen LogP contribution in [0.3, 0.4) is 0 Å². The smallest absolute Gasteiger partial charge is 0.368 e. The van der Waals surface area contributed by atoms with Crippen LogP contribution in [0.25, 0.3) is 10.8 Å². The Morgan fingerprint density at radius 3 is 2.20 bits per heavy atom. The summed E-state index contributed by atoms with van der Waals surface area (Å²) in [5.41, 5.74) is 0.00597. The first-order chi connectivity index (χ1) is 14.3. The Bertz CT molecular complexity index is 1170. The first-order valence-electron chi connectivity index (χ1n) is 9.44. The first kappa shape index (κ1) is 20.5. The number of hydrogen-bond donors (Lipinski definition) is 2. The van der Waals surface area contributed by atoms with E-state index in [2.05, 4.69) is 14.9 Å². The molecule has 0 unspecified atom stereocenters. The summed E-state index contributed by atoms with van der Waals surface area (Å²) >= 11 is 0. The average Bonchev–Trinajstić information content (AvgIpc) is 2.74. The molecule has 0 bridgehead atoms. The summed E-state index contributed by atoms with van der Waals surface area (Å²) in [4.78, 5) is 1.41. The van der Waals surface area contributed by atoms with E-state index in [-0.39, 0.29) is 5.69 Å². The van der Waals surface area contributed by atoms with E-state index in [0.29, 0.717) is 5.39 Å². The molecule has 1 saturated heterocycles. The van der Waals surface area contributed by atoms with Gasteiger partial charge < -0.3 is 10.2 Å². The SMILES string of the molecule is O=S(=O)(Nc1ccc(N2CCNCC2)c2ccccc12)c1ccccc1C(F)(F)F. The molecule has 9 heteroatoms. The summed E-state index contributed by atoms with van der Waals surface area (Å²) in [6, 6.07) is 14.8. The summed E-state index contributed by atoms with van der Waals surface area (Å²) in [5, 5.41) is 4.75. The molecule has 1 heterocycles.